The number of amides is 1. The van der Waals surface area contributed by atoms with E-state index in [2.05, 4.69) is 25.5 Å². The average Bonchev–Trinajstić information content (AvgIpc) is 2.67. The lowest BCUT2D eigenvalue weighted by Crippen LogP contribution is -2.10. The monoisotopic (exact) mass is 283 g/mol. The van der Waals surface area contributed by atoms with Crippen LogP contribution in [0.3, 0.4) is 0 Å². The normalized spacial score (nSPS) is 10.2. The van der Waals surface area contributed by atoms with Gasteiger partial charge in [0.05, 0.1) is 0 Å². The van der Waals surface area contributed by atoms with Crippen LogP contribution in [0.15, 0.2) is 28.7 Å². The van der Waals surface area contributed by atoms with Crippen LogP contribution >= 0.6 is 27.5 Å². The molecule has 0 saturated carbocycles. The van der Waals surface area contributed by atoms with Crippen LogP contribution in [0.25, 0.3) is 11.3 Å². The van der Waals surface area contributed by atoms with Gasteiger partial charge in [-0.1, -0.05) is 32.6 Å². The summed E-state index contributed by atoms with van der Waals surface area (Å²) in [4.78, 5) is 11.5. The summed E-state index contributed by atoms with van der Waals surface area (Å²) >= 11 is 4.34. The molecular weight excluding hydrogens is 278 g/mol. The van der Waals surface area contributed by atoms with Crippen LogP contribution < -0.4 is 5.73 Å². The highest BCUT2D eigenvalue weighted by Gasteiger charge is 2.14. The first kappa shape index (κ1) is 10.3. The summed E-state index contributed by atoms with van der Waals surface area (Å²) in [5, 5.41) is 3.89. The van der Waals surface area contributed by atoms with Crippen LogP contribution in [0, 0.1) is 0 Å². The van der Waals surface area contributed by atoms with Gasteiger partial charge >= 0.3 is 0 Å². The third-order valence-corrected chi connectivity index (χ3v) is 3.10. The van der Waals surface area contributed by atoms with E-state index in [4.69, 9.17) is 5.73 Å². The highest BCUT2D eigenvalue weighted by molar-refractivity contribution is 9.10. The van der Waals surface area contributed by atoms with Crippen molar-refractivity contribution in [3.63, 3.8) is 0 Å². The van der Waals surface area contributed by atoms with E-state index in [1.165, 1.54) is 0 Å². The van der Waals surface area contributed by atoms with Gasteiger partial charge < -0.3 is 5.73 Å². The average molecular weight is 284 g/mol. The van der Waals surface area contributed by atoms with Crippen molar-refractivity contribution < 1.29 is 4.79 Å². The molecule has 0 saturated heterocycles. The molecule has 0 fully saturated rings. The third kappa shape index (κ3) is 2.05. The van der Waals surface area contributed by atoms with Crippen LogP contribution in [0.1, 0.15) is 9.67 Å². The van der Waals surface area contributed by atoms with Crippen molar-refractivity contribution in [2.75, 3.05) is 0 Å². The van der Waals surface area contributed by atoms with Gasteiger partial charge in [0, 0.05) is 10.0 Å². The number of carbonyl (C=O) groups is 1. The van der Waals surface area contributed by atoms with Gasteiger partial charge in [0.15, 0.2) is 0 Å². The SMILES string of the molecule is NC(=O)c1snnc1-c1ccc(Br)cc1. The summed E-state index contributed by atoms with van der Waals surface area (Å²) in [5.41, 5.74) is 6.58. The predicted molar refractivity (Wildman–Crippen MR) is 61.6 cm³/mol. The Bertz CT molecular complexity index is 494. The summed E-state index contributed by atoms with van der Waals surface area (Å²) in [6.07, 6.45) is 0. The molecule has 0 bridgehead atoms. The van der Waals surface area contributed by atoms with E-state index < -0.39 is 5.91 Å². The van der Waals surface area contributed by atoms with E-state index in [1.54, 1.807) is 0 Å². The van der Waals surface area contributed by atoms with Gasteiger partial charge in [-0.25, -0.2) is 0 Å². The molecule has 2 N–H and O–H groups in total. The van der Waals surface area contributed by atoms with Crippen molar-refractivity contribution in [1.82, 2.24) is 9.59 Å². The molecule has 4 nitrogen and oxygen atoms in total. The zero-order valence-electron chi connectivity index (χ0n) is 7.48. The maximum Gasteiger partial charge on any atom is 0.262 e. The van der Waals surface area contributed by atoms with E-state index in [1.807, 2.05) is 24.3 Å². The van der Waals surface area contributed by atoms with Crippen LogP contribution in [0.4, 0.5) is 0 Å². The molecule has 1 heterocycles. The minimum atomic E-state index is -0.497. The Labute approximate surface area is 98.4 Å². The topological polar surface area (TPSA) is 68.9 Å². The highest BCUT2D eigenvalue weighted by atomic mass is 79.9. The summed E-state index contributed by atoms with van der Waals surface area (Å²) < 4.78 is 4.69. The van der Waals surface area contributed by atoms with Gasteiger partial charge in [-0.3, -0.25) is 4.79 Å². The van der Waals surface area contributed by atoms with Crippen LogP contribution in [0.2, 0.25) is 0 Å². The van der Waals surface area contributed by atoms with Gasteiger partial charge in [0.25, 0.3) is 5.91 Å². The van der Waals surface area contributed by atoms with Gasteiger partial charge in [0.1, 0.15) is 10.6 Å². The molecule has 1 aromatic carbocycles. The zero-order chi connectivity index (χ0) is 10.8. The van der Waals surface area contributed by atoms with Gasteiger partial charge in [0.2, 0.25) is 0 Å². The largest absolute Gasteiger partial charge is 0.365 e. The van der Waals surface area contributed by atoms with Crippen molar-refractivity contribution in [2.45, 2.75) is 0 Å². The smallest absolute Gasteiger partial charge is 0.262 e. The zero-order valence-corrected chi connectivity index (χ0v) is 9.88. The number of hydrogen-bond acceptors (Lipinski definition) is 4. The fourth-order valence-corrected chi connectivity index (χ4v) is 1.95. The summed E-state index contributed by atoms with van der Waals surface area (Å²) in [5.74, 6) is -0.497. The first-order chi connectivity index (χ1) is 7.18. The Morgan fingerprint density at radius 2 is 2.00 bits per heavy atom. The predicted octanol–water partition coefficient (Wildman–Crippen LogP) is 2.07. The number of nitrogens with two attached hydrogens (primary N) is 1. The van der Waals surface area contributed by atoms with Gasteiger partial charge in [-0.15, -0.1) is 5.10 Å². The van der Waals surface area contributed by atoms with E-state index in [-0.39, 0.29) is 0 Å². The molecule has 0 atom stereocenters. The van der Waals surface area contributed by atoms with Crippen molar-refractivity contribution in [3.05, 3.63) is 33.6 Å². The molecule has 2 aromatic rings. The summed E-state index contributed by atoms with van der Waals surface area (Å²) in [6.45, 7) is 0. The van der Waals surface area contributed by atoms with E-state index in [0.717, 1.165) is 21.6 Å². The molecule has 2 rings (SSSR count). The fourth-order valence-electron chi connectivity index (χ4n) is 1.15. The summed E-state index contributed by atoms with van der Waals surface area (Å²) in [6, 6.07) is 7.46. The Balaban J connectivity index is 2.49. The number of hydrogen-bond donors (Lipinski definition) is 1. The van der Waals surface area contributed by atoms with E-state index in [9.17, 15) is 4.79 Å². The Morgan fingerprint density at radius 3 is 2.60 bits per heavy atom. The molecule has 0 aliphatic heterocycles. The lowest BCUT2D eigenvalue weighted by Gasteiger charge is -1.97. The van der Waals surface area contributed by atoms with E-state index >= 15 is 0 Å². The molecule has 6 heteroatoms. The Morgan fingerprint density at radius 1 is 1.33 bits per heavy atom. The molecule has 0 unspecified atom stereocenters. The standard InChI is InChI=1S/C9H6BrN3OS/c10-6-3-1-5(2-4-6)7-8(9(11)14)15-13-12-7/h1-4H,(H2,11,14). The Hall–Kier alpha value is -1.27. The first-order valence-electron chi connectivity index (χ1n) is 4.06. The fraction of sp³-hybridized carbons (Fsp3) is 0. The first-order valence-corrected chi connectivity index (χ1v) is 5.63. The van der Waals surface area contributed by atoms with E-state index in [0.29, 0.717) is 10.6 Å². The molecular formula is C9H6BrN3OS. The second-order valence-corrected chi connectivity index (χ2v) is 4.49. The number of nitrogens with zero attached hydrogens (tertiary/aromatic N) is 2. The van der Waals surface area contributed by atoms with Gasteiger partial charge in [-0.2, -0.15) is 0 Å². The molecule has 1 amide bonds. The Kier molecular flexibility index (Phi) is 2.79. The van der Waals surface area contributed by atoms with Crippen LogP contribution in [0.5, 0.6) is 0 Å². The number of primary amides is 1. The maximum atomic E-state index is 11.1. The molecule has 15 heavy (non-hydrogen) atoms. The number of benzene rings is 1. The second kappa shape index (κ2) is 4.08. The van der Waals surface area contributed by atoms with Crippen LogP contribution in [-0.2, 0) is 0 Å². The molecule has 0 radical (unpaired) electrons. The molecule has 1 aromatic heterocycles. The minimum absolute atomic E-state index is 0.386. The third-order valence-electron chi connectivity index (χ3n) is 1.83. The molecule has 76 valence electrons. The highest BCUT2D eigenvalue weighted by Crippen LogP contribution is 2.24. The number of halogens is 1. The van der Waals surface area contributed by atoms with Crippen molar-refractivity contribution >= 4 is 33.4 Å². The molecule has 0 aliphatic rings. The lowest BCUT2D eigenvalue weighted by molar-refractivity contribution is 0.100. The quantitative estimate of drug-likeness (QED) is 0.917. The minimum Gasteiger partial charge on any atom is -0.365 e. The number of carbonyl (C=O) groups excluding carboxylic acids is 1. The second-order valence-electron chi connectivity index (χ2n) is 2.82. The molecule has 0 aliphatic carbocycles. The number of aromatic nitrogens is 2. The molecule has 0 spiro atoms. The summed E-state index contributed by atoms with van der Waals surface area (Å²) in [7, 11) is 0. The van der Waals surface area contributed by atoms with Crippen LogP contribution in [-0.4, -0.2) is 15.5 Å². The number of rotatable bonds is 2. The maximum absolute atomic E-state index is 11.1. The van der Waals surface area contributed by atoms with Gasteiger partial charge in [-0.05, 0) is 23.7 Å². The van der Waals surface area contributed by atoms with Crippen molar-refractivity contribution in [2.24, 2.45) is 5.73 Å². The van der Waals surface area contributed by atoms with Crippen molar-refractivity contribution in [1.29, 1.82) is 0 Å². The van der Waals surface area contributed by atoms with Crippen molar-refractivity contribution in [3.8, 4) is 11.3 Å². The lowest BCUT2D eigenvalue weighted by atomic mass is 10.1.